The van der Waals surface area contributed by atoms with E-state index < -0.39 is 10.0 Å². The molecule has 0 saturated heterocycles. The van der Waals surface area contributed by atoms with Gasteiger partial charge in [-0.05, 0) is 48.9 Å². The van der Waals surface area contributed by atoms with E-state index in [1.165, 1.54) is 17.0 Å². The predicted molar refractivity (Wildman–Crippen MR) is 122 cm³/mol. The van der Waals surface area contributed by atoms with E-state index in [1.807, 2.05) is 37.3 Å². The van der Waals surface area contributed by atoms with Crippen molar-refractivity contribution in [2.75, 3.05) is 24.5 Å². The Balaban J connectivity index is 1.89. The van der Waals surface area contributed by atoms with E-state index in [2.05, 4.69) is 0 Å². The second-order valence-corrected chi connectivity index (χ2v) is 8.85. The van der Waals surface area contributed by atoms with E-state index >= 15 is 0 Å². The first-order chi connectivity index (χ1) is 14.9. The topological polar surface area (TPSA) is 66.9 Å². The van der Waals surface area contributed by atoms with Gasteiger partial charge in [0.15, 0.2) is 0 Å². The van der Waals surface area contributed by atoms with Crippen LogP contribution in [0.5, 0.6) is 5.75 Å². The maximum atomic E-state index is 13.4. The lowest BCUT2D eigenvalue weighted by Crippen LogP contribution is -2.41. The maximum Gasteiger partial charge on any atom is 0.264 e. The van der Waals surface area contributed by atoms with Gasteiger partial charge in [-0.1, -0.05) is 48.5 Å². The molecule has 7 heteroatoms. The normalized spacial score (nSPS) is 11.0. The number of ether oxygens (including phenoxy) is 1. The summed E-state index contributed by atoms with van der Waals surface area (Å²) in [5.41, 5.74) is 1.37. The van der Waals surface area contributed by atoms with Gasteiger partial charge in [-0.3, -0.25) is 9.10 Å². The summed E-state index contributed by atoms with van der Waals surface area (Å²) in [6, 6.07) is 24.4. The van der Waals surface area contributed by atoms with Gasteiger partial charge in [0.05, 0.1) is 17.2 Å². The third-order valence-electron chi connectivity index (χ3n) is 4.73. The highest BCUT2D eigenvalue weighted by molar-refractivity contribution is 7.92. The fourth-order valence-corrected chi connectivity index (χ4v) is 4.53. The van der Waals surface area contributed by atoms with Gasteiger partial charge >= 0.3 is 0 Å². The quantitative estimate of drug-likeness (QED) is 0.508. The molecule has 0 aliphatic heterocycles. The minimum absolute atomic E-state index is 0.127. The van der Waals surface area contributed by atoms with E-state index in [4.69, 9.17) is 4.74 Å². The number of hydrogen-bond acceptors (Lipinski definition) is 4. The zero-order valence-corrected chi connectivity index (χ0v) is 18.5. The van der Waals surface area contributed by atoms with Crippen molar-refractivity contribution < 1.29 is 17.9 Å². The molecule has 3 rings (SSSR count). The lowest BCUT2D eigenvalue weighted by molar-refractivity contribution is -0.128. The van der Waals surface area contributed by atoms with Gasteiger partial charge in [0.1, 0.15) is 12.3 Å². The first-order valence-corrected chi connectivity index (χ1v) is 11.4. The van der Waals surface area contributed by atoms with Gasteiger partial charge in [0.2, 0.25) is 5.91 Å². The molecule has 0 aromatic heterocycles. The van der Waals surface area contributed by atoms with E-state index in [9.17, 15) is 13.2 Å². The molecule has 0 atom stereocenters. The van der Waals surface area contributed by atoms with Crippen LogP contribution in [0.2, 0.25) is 0 Å². The molecule has 0 radical (unpaired) electrons. The number of likely N-dealkylation sites (N-methyl/N-ethyl adjacent to an activating group) is 1. The van der Waals surface area contributed by atoms with E-state index in [-0.39, 0.29) is 17.3 Å². The number of hydrogen-bond donors (Lipinski definition) is 0. The molecule has 0 saturated carbocycles. The van der Waals surface area contributed by atoms with Crippen molar-refractivity contribution in [3.05, 3.63) is 90.5 Å². The Morgan fingerprint density at radius 3 is 2.03 bits per heavy atom. The van der Waals surface area contributed by atoms with Crippen molar-refractivity contribution >= 4 is 21.6 Å². The number of amides is 1. The third kappa shape index (κ3) is 5.64. The minimum Gasteiger partial charge on any atom is -0.494 e. The molecule has 1 amide bonds. The number of sulfonamides is 1. The highest BCUT2D eigenvalue weighted by atomic mass is 32.2. The molecule has 0 unspecified atom stereocenters. The Hall–Kier alpha value is -3.32. The molecule has 0 bridgehead atoms. The Morgan fingerprint density at radius 2 is 1.45 bits per heavy atom. The van der Waals surface area contributed by atoms with Gasteiger partial charge in [0, 0.05) is 13.6 Å². The highest BCUT2D eigenvalue weighted by Crippen LogP contribution is 2.26. The number of nitrogens with zero attached hydrogens (tertiary/aromatic N) is 2. The summed E-state index contributed by atoms with van der Waals surface area (Å²) in [4.78, 5) is 14.6. The van der Waals surface area contributed by atoms with Crippen LogP contribution in [0.3, 0.4) is 0 Å². The van der Waals surface area contributed by atoms with Gasteiger partial charge in [-0.15, -0.1) is 0 Å². The van der Waals surface area contributed by atoms with Crippen LogP contribution in [-0.4, -0.2) is 39.4 Å². The lowest BCUT2D eigenvalue weighted by Gasteiger charge is -2.27. The monoisotopic (exact) mass is 438 g/mol. The molecule has 0 heterocycles. The number of carbonyl (C=O) groups is 1. The highest BCUT2D eigenvalue weighted by Gasteiger charge is 2.28. The SMILES string of the molecule is CCOc1ccc(N(CC(=O)N(C)Cc2ccccc2)S(=O)(=O)c2ccccc2)cc1. The second kappa shape index (κ2) is 10.1. The summed E-state index contributed by atoms with van der Waals surface area (Å²) in [6.07, 6.45) is 0. The molecule has 31 heavy (non-hydrogen) atoms. The number of carbonyl (C=O) groups excluding carboxylic acids is 1. The molecule has 162 valence electrons. The Bertz CT molecular complexity index is 1090. The van der Waals surface area contributed by atoms with Crippen LogP contribution >= 0.6 is 0 Å². The Kier molecular flexibility index (Phi) is 7.31. The van der Waals surface area contributed by atoms with Crippen molar-refractivity contribution in [2.24, 2.45) is 0 Å². The largest absolute Gasteiger partial charge is 0.494 e. The molecule has 6 nitrogen and oxygen atoms in total. The van der Waals surface area contributed by atoms with E-state index in [1.54, 1.807) is 49.5 Å². The Morgan fingerprint density at radius 1 is 0.871 bits per heavy atom. The number of rotatable bonds is 9. The molecule has 0 aliphatic carbocycles. The molecular formula is C24H26N2O4S. The van der Waals surface area contributed by atoms with Crippen LogP contribution in [0.4, 0.5) is 5.69 Å². The lowest BCUT2D eigenvalue weighted by atomic mass is 10.2. The number of anilines is 1. The van der Waals surface area contributed by atoms with Gasteiger partial charge in [-0.25, -0.2) is 8.42 Å². The zero-order valence-electron chi connectivity index (χ0n) is 17.6. The summed E-state index contributed by atoms with van der Waals surface area (Å²) < 4.78 is 33.4. The van der Waals surface area contributed by atoms with Gasteiger partial charge < -0.3 is 9.64 Å². The van der Waals surface area contributed by atoms with Gasteiger partial charge in [0.25, 0.3) is 10.0 Å². The van der Waals surface area contributed by atoms with Crippen molar-refractivity contribution in [1.82, 2.24) is 4.90 Å². The van der Waals surface area contributed by atoms with Crippen molar-refractivity contribution in [3.8, 4) is 5.75 Å². The predicted octanol–water partition coefficient (Wildman–Crippen LogP) is 3.94. The third-order valence-corrected chi connectivity index (χ3v) is 6.52. The number of benzene rings is 3. The maximum absolute atomic E-state index is 13.4. The molecule has 0 spiro atoms. The minimum atomic E-state index is -3.94. The molecule has 0 fully saturated rings. The summed E-state index contributed by atoms with van der Waals surface area (Å²) >= 11 is 0. The van der Waals surface area contributed by atoms with Crippen LogP contribution in [0.1, 0.15) is 12.5 Å². The van der Waals surface area contributed by atoms with Crippen LogP contribution in [0.25, 0.3) is 0 Å². The van der Waals surface area contributed by atoms with Crippen molar-refractivity contribution in [3.63, 3.8) is 0 Å². The average molecular weight is 439 g/mol. The molecule has 3 aromatic carbocycles. The standard InChI is InChI=1S/C24H26N2O4S/c1-3-30-22-16-14-21(15-17-22)26(31(28,29)23-12-8-5-9-13-23)19-24(27)25(2)18-20-10-6-4-7-11-20/h4-17H,3,18-19H2,1-2H3. The first kappa shape index (κ1) is 22.4. The fraction of sp³-hybridized carbons (Fsp3) is 0.208. The van der Waals surface area contributed by atoms with Crippen molar-refractivity contribution in [1.29, 1.82) is 0 Å². The molecule has 0 aliphatic rings. The molecular weight excluding hydrogens is 412 g/mol. The summed E-state index contributed by atoms with van der Waals surface area (Å²) in [6.45, 7) is 2.46. The van der Waals surface area contributed by atoms with Crippen LogP contribution in [-0.2, 0) is 21.4 Å². The summed E-state index contributed by atoms with van der Waals surface area (Å²) in [5, 5.41) is 0. The van der Waals surface area contributed by atoms with Gasteiger partial charge in [-0.2, -0.15) is 0 Å². The summed E-state index contributed by atoms with van der Waals surface area (Å²) in [5.74, 6) is 0.327. The first-order valence-electron chi connectivity index (χ1n) is 10.0. The fourth-order valence-electron chi connectivity index (χ4n) is 3.10. The van der Waals surface area contributed by atoms with Crippen LogP contribution in [0, 0.1) is 0 Å². The van der Waals surface area contributed by atoms with E-state index in [0.29, 0.717) is 24.6 Å². The summed E-state index contributed by atoms with van der Waals surface area (Å²) in [7, 11) is -2.27. The molecule has 3 aromatic rings. The average Bonchev–Trinajstić information content (AvgIpc) is 2.79. The zero-order chi connectivity index (χ0) is 22.3. The van der Waals surface area contributed by atoms with Crippen LogP contribution < -0.4 is 9.04 Å². The second-order valence-electron chi connectivity index (χ2n) is 6.99. The molecule has 0 N–H and O–H groups in total. The van der Waals surface area contributed by atoms with Crippen molar-refractivity contribution in [2.45, 2.75) is 18.4 Å². The van der Waals surface area contributed by atoms with E-state index in [0.717, 1.165) is 9.87 Å². The van der Waals surface area contributed by atoms with Crippen LogP contribution in [0.15, 0.2) is 89.8 Å². The smallest absolute Gasteiger partial charge is 0.264 e. The Labute approximate surface area is 183 Å².